The van der Waals surface area contributed by atoms with Crippen molar-refractivity contribution in [2.45, 2.75) is 26.8 Å². The maximum Gasteiger partial charge on any atom is 0.317 e. The minimum absolute atomic E-state index is 0.00643. The highest BCUT2D eigenvalue weighted by atomic mass is 16.2. The summed E-state index contributed by atoms with van der Waals surface area (Å²) in [5.41, 5.74) is 0. The van der Waals surface area contributed by atoms with Crippen molar-refractivity contribution in [1.82, 2.24) is 15.5 Å². The molecule has 13 heavy (non-hydrogen) atoms. The van der Waals surface area contributed by atoms with Crippen molar-refractivity contribution in [2.24, 2.45) is 0 Å². The molecule has 0 aromatic rings. The summed E-state index contributed by atoms with van der Waals surface area (Å²) in [4.78, 5) is 12.9. The lowest BCUT2D eigenvalue weighted by molar-refractivity contribution is 0.211. The van der Waals surface area contributed by atoms with E-state index in [1.165, 1.54) is 0 Å². The number of nitrogens with zero attached hydrogens (tertiary/aromatic N) is 1. The molecular weight excluding hydrogens is 166 g/mol. The SMILES string of the molecule is CCN(C)C(=O)NCCNC(C)C. The molecule has 4 nitrogen and oxygen atoms in total. The fourth-order valence-corrected chi connectivity index (χ4v) is 0.809. The molecule has 0 aliphatic heterocycles. The van der Waals surface area contributed by atoms with Crippen LogP contribution in [0.3, 0.4) is 0 Å². The van der Waals surface area contributed by atoms with E-state index in [1.807, 2.05) is 6.92 Å². The average molecular weight is 187 g/mol. The molecule has 0 fully saturated rings. The molecule has 0 spiro atoms. The second-order valence-corrected chi connectivity index (χ2v) is 3.35. The van der Waals surface area contributed by atoms with Crippen LogP contribution in [0.25, 0.3) is 0 Å². The molecule has 4 heteroatoms. The van der Waals surface area contributed by atoms with Gasteiger partial charge in [0, 0.05) is 32.7 Å². The van der Waals surface area contributed by atoms with Crippen LogP contribution in [0.2, 0.25) is 0 Å². The number of carbonyl (C=O) groups is 1. The van der Waals surface area contributed by atoms with Crippen molar-refractivity contribution in [3.05, 3.63) is 0 Å². The molecule has 0 saturated carbocycles. The van der Waals surface area contributed by atoms with E-state index in [2.05, 4.69) is 24.5 Å². The van der Waals surface area contributed by atoms with E-state index in [4.69, 9.17) is 0 Å². The van der Waals surface area contributed by atoms with Crippen molar-refractivity contribution < 1.29 is 4.79 Å². The lowest BCUT2D eigenvalue weighted by Crippen LogP contribution is -2.41. The van der Waals surface area contributed by atoms with E-state index in [-0.39, 0.29) is 6.03 Å². The molecule has 0 unspecified atom stereocenters. The quantitative estimate of drug-likeness (QED) is 0.621. The van der Waals surface area contributed by atoms with Gasteiger partial charge in [-0.25, -0.2) is 4.79 Å². The molecule has 0 aliphatic carbocycles. The second-order valence-electron chi connectivity index (χ2n) is 3.35. The monoisotopic (exact) mass is 187 g/mol. The number of amides is 2. The van der Waals surface area contributed by atoms with E-state index < -0.39 is 0 Å². The fraction of sp³-hybridized carbons (Fsp3) is 0.889. The zero-order valence-corrected chi connectivity index (χ0v) is 9.05. The van der Waals surface area contributed by atoms with Crippen molar-refractivity contribution in [3.63, 3.8) is 0 Å². The van der Waals surface area contributed by atoms with Crippen molar-refractivity contribution >= 4 is 6.03 Å². The second kappa shape index (κ2) is 6.71. The third-order valence-corrected chi connectivity index (χ3v) is 1.77. The Morgan fingerprint density at radius 2 is 2.00 bits per heavy atom. The summed E-state index contributed by atoms with van der Waals surface area (Å²) in [5.74, 6) is 0. The molecule has 0 radical (unpaired) electrons. The molecule has 2 N–H and O–H groups in total. The van der Waals surface area contributed by atoms with Crippen LogP contribution in [0.5, 0.6) is 0 Å². The lowest BCUT2D eigenvalue weighted by atomic mass is 10.4. The topological polar surface area (TPSA) is 44.4 Å². The molecule has 0 aliphatic rings. The molecule has 0 atom stereocenters. The fourth-order valence-electron chi connectivity index (χ4n) is 0.809. The van der Waals surface area contributed by atoms with Crippen LogP contribution in [0.4, 0.5) is 4.79 Å². The highest BCUT2D eigenvalue weighted by Gasteiger charge is 2.03. The van der Waals surface area contributed by atoms with Gasteiger partial charge >= 0.3 is 6.03 Å². The molecule has 0 heterocycles. The Hall–Kier alpha value is -0.770. The first kappa shape index (κ1) is 12.2. The van der Waals surface area contributed by atoms with Gasteiger partial charge in [-0.1, -0.05) is 13.8 Å². The molecular formula is C9H21N3O. The number of rotatable bonds is 5. The smallest absolute Gasteiger partial charge is 0.317 e. The first-order valence-electron chi connectivity index (χ1n) is 4.80. The van der Waals surface area contributed by atoms with Gasteiger partial charge in [0.25, 0.3) is 0 Å². The number of hydrogen-bond donors (Lipinski definition) is 2. The van der Waals surface area contributed by atoms with Gasteiger partial charge in [-0.15, -0.1) is 0 Å². The Labute approximate surface area is 80.7 Å². The normalized spacial score (nSPS) is 10.2. The Balaban J connectivity index is 3.37. The average Bonchev–Trinajstić information content (AvgIpc) is 2.10. The molecule has 0 rings (SSSR count). The summed E-state index contributed by atoms with van der Waals surface area (Å²) in [5, 5.41) is 6.04. The summed E-state index contributed by atoms with van der Waals surface area (Å²) in [6.07, 6.45) is 0. The van der Waals surface area contributed by atoms with Gasteiger partial charge in [0.05, 0.1) is 0 Å². The van der Waals surface area contributed by atoms with Gasteiger partial charge in [0.1, 0.15) is 0 Å². The van der Waals surface area contributed by atoms with Crippen molar-refractivity contribution in [3.8, 4) is 0 Å². The van der Waals surface area contributed by atoms with Gasteiger partial charge in [-0.3, -0.25) is 0 Å². The van der Waals surface area contributed by atoms with E-state index in [1.54, 1.807) is 11.9 Å². The minimum atomic E-state index is -0.00643. The molecule has 78 valence electrons. The molecule has 0 aromatic heterocycles. The van der Waals surface area contributed by atoms with Crippen LogP contribution in [-0.4, -0.2) is 43.7 Å². The summed E-state index contributed by atoms with van der Waals surface area (Å²) in [6, 6.07) is 0.467. The zero-order chi connectivity index (χ0) is 10.3. The largest absolute Gasteiger partial charge is 0.337 e. The molecule has 0 saturated heterocycles. The summed E-state index contributed by atoms with van der Waals surface area (Å²) in [7, 11) is 1.78. The maximum absolute atomic E-state index is 11.2. The molecule has 2 amide bonds. The molecule has 0 aromatic carbocycles. The van der Waals surface area contributed by atoms with Crippen LogP contribution in [0.1, 0.15) is 20.8 Å². The predicted octanol–water partition coefficient (Wildman–Crippen LogP) is 0.646. The standard InChI is InChI=1S/C9H21N3O/c1-5-12(4)9(13)11-7-6-10-8(2)3/h8,10H,5-7H2,1-4H3,(H,11,13). The van der Waals surface area contributed by atoms with E-state index in [9.17, 15) is 4.79 Å². The number of urea groups is 1. The van der Waals surface area contributed by atoms with E-state index in [0.717, 1.165) is 13.1 Å². The summed E-state index contributed by atoms with van der Waals surface area (Å²) < 4.78 is 0. The van der Waals surface area contributed by atoms with E-state index >= 15 is 0 Å². The molecule has 0 bridgehead atoms. The third kappa shape index (κ3) is 6.40. The summed E-state index contributed by atoms with van der Waals surface area (Å²) >= 11 is 0. The first-order chi connectivity index (χ1) is 6.07. The van der Waals surface area contributed by atoms with Gasteiger partial charge < -0.3 is 15.5 Å². The minimum Gasteiger partial charge on any atom is -0.337 e. The van der Waals surface area contributed by atoms with Crippen LogP contribution in [0.15, 0.2) is 0 Å². The van der Waals surface area contributed by atoms with E-state index in [0.29, 0.717) is 12.6 Å². The highest BCUT2D eigenvalue weighted by Crippen LogP contribution is 1.81. The summed E-state index contributed by atoms with van der Waals surface area (Å²) in [6.45, 7) is 8.36. The lowest BCUT2D eigenvalue weighted by Gasteiger charge is -2.16. The van der Waals surface area contributed by atoms with Crippen molar-refractivity contribution in [2.75, 3.05) is 26.7 Å². The van der Waals surface area contributed by atoms with Gasteiger partial charge in [0.15, 0.2) is 0 Å². The van der Waals surface area contributed by atoms with Crippen LogP contribution in [-0.2, 0) is 0 Å². The number of nitrogens with one attached hydrogen (secondary N) is 2. The van der Waals surface area contributed by atoms with Crippen molar-refractivity contribution in [1.29, 1.82) is 0 Å². The highest BCUT2D eigenvalue weighted by molar-refractivity contribution is 5.73. The van der Waals surface area contributed by atoms with Gasteiger partial charge in [0.2, 0.25) is 0 Å². The number of hydrogen-bond acceptors (Lipinski definition) is 2. The predicted molar refractivity (Wildman–Crippen MR) is 54.8 cm³/mol. The Morgan fingerprint density at radius 3 is 2.46 bits per heavy atom. The zero-order valence-electron chi connectivity index (χ0n) is 9.05. The van der Waals surface area contributed by atoms with Gasteiger partial charge in [-0.2, -0.15) is 0 Å². The maximum atomic E-state index is 11.2. The number of carbonyl (C=O) groups excluding carboxylic acids is 1. The Bertz CT molecular complexity index is 148. The Kier molecular flexibility index (Phi) is 6.32. The van der Waals surface area contributed by atoms with Crippen LogP contribution in [0, 0.1) is 0 Å². The van der Waals surface area contributed by atoms with Crippen LogP contribution >= 0.6 is 0 Å². The van der Waals surface area contributed by atoms with Gasteiger partial charge in [-0.05, 0) is 6.92 Å². The third-order valence-electron chi connectivity index (χ3n) is 1.77. The van der Waals surface area contributed by atoms with Crippen LogP contribution < -0.4 is 10.6 Å². The first-order valence-corrected chi connectivity index (χ1v) is 4.80. The Morgan fingerprint density at radius 1 is 1.38 bits per heavy atom.